The van der Waals surface area contributed by atoms with Crippen molar-refractivity contribution >= 4 is 15.7 Å². The van der Waals surface area contributed by atoms with Gasteiger partial charge >= 0.3 is 5.69 Å². The maximum Gasteiger partial charge on any atom is 0.427 e. The Balaban J connectivity index is 2.17. The molecule has 26 heavy (non-hydrogen) atoms. The summed E-state index contributed by atoms with van der Waals surface area (Å²) in [7, 11) is -3.73. The molecule has 0 fully saturated rings. The largest absolute Gasteiger partial charge is 0.501 e. The van der Waals surface area contributed by atoms with E-state index >= 15 is 0 Å². The van der Waals surface area contributed by atoms with Crippen LogP contribution in [0.3, 0.4) is 0 Å². The first-order valence-electron chi connectivity index (χ1n) is 8.71. The molecule has 0 amide bonds. The van der Waals surface area contributed by atoms with Gasteiger partial charge in [0.2, 0.25) is 21.2 Å². The van der Waals surface area contributed by atoms with Crippen molar-refractivity contribution in [3.8, 4) is 5.75 Å². The van der Waals surface area contributed by atoms with Crippen molar-refractivity contribution in [1.29, 1.82) is 5.39 Å². The molecular weight excluding hydrogens is 350 g/mol. The summed E-state index contributed by atoms with van der Waals surface area (Å²) >= 11 is 0. The van der Waals surface area contributed by atoms with Crippen LogP contribution in [0.1, 0.15) is 31.7 Å². The first-order valence-corrected chi connectivity index (χ1v) is 10.1. The average molecular weight is 374 g/mol. The first-order chi connectivity index (χ1) is 12.5. The Labute approximate surface area is 154 Å². The molecule has 0 bridgehead atoms. The van der Waals surface area contributed by atoms with Crippen LogP contribution in [0.4, 0.5) is 5.69 Å². The number of hydrogen-bond acceptors (Lipinski definition) is 4. The quantitative estimate of drug-likeness (QED) is 0.663. The van der Waals surface area contributed by atoms with Gasteiger partial charge in [-0.1, -0.05) is 43.7 Å². The van der Waals surface area contributed by atoms with Crippen LogP contribution in [0.2, 0.25) is 0 Å². The van der Waals surface area contributed by atoms with E-state index in [1.807, 2.05) is 37.3 Å². The standard InChI is InChI=1S/C19H23N3O3S/c1-2-3-13-22(14-7-10-16-8-5-4-6-9-16)26(24,25)17-11-12-19(23)18(15-17)21-20/h4-6,8-9,11-12,15H,2-3,7,10,13-14H2,1H3/p+1. The topological polar surface area (TPSA) is 85.8 Å². The zero-order chi connectivity index (χ0) is 19.0. The molecular formula is C19H24N3O3S+. The van der Waals surface area contributed by atoms with Gasteiger partial charge in [-0.25, -0.2) is 8.42 Å². The van der Waals surface area contributed by atoms with E-state index in [0.29, 0.717) is 19.5 Å². The lowest BCUT2D eigenvalue weighted by atomic mass is 10.1. The van der Waals surface area contributed by atoms with Gasteiger partial charge < -0.3 is 5.11 Å². The number of aryl methyl sites for hydroxylation is 1. The molecule has 0 atom stereocenters. The zero-order valence-electron chi connectivity index (χ0n) is 14.9. The van der Waals surface area contributed by atoms with Gasteiger partial charge in [-0.05, 0) is 37.0 Å². The molecule has 0 heterocycles. The maximum absolute atomic E-state index is 13.0. The molecule has 0 aromatic heterocycles. The van der Waals surface area contributed by atoms with Crippen molar-refractivity contribution in [2.45, 2.75) is 37.5 Å². The molecule has 0 unspecified atom stereocenters. The Bertz CT molecular complexity index is 861. The minimum absolute atomic E-state index is 0.0129. The van der Waals surface area contributed by atoms with E-state index in [1.54, 1.807) is 0 Å². The van der Waals surface area contributed by atoms with Gasteiger partial charge in [-0.2, -0.15) is 4.31 Å². The predicted octanol–water partition coefficient (Wildman–Crippen LogP) is 4.30. The van der Waals surface area contributed by atoms with Gasteiger partial charge in [0.05, 0.1) is 11.0 Å². The second-order valence-corrected chi connectivity index (χ2v) is 8.04. The molecule has 7 heteroatoms. The molecule has 0 saturated heterocycles. The summed E-state index contributed by atoms with van der Waals surface area (Å²) in [6.07, 6.45) is 3.16. The molecule has 0 aliphatic rings. The summed E-state index contributed by atoms with van der Waals surface area (Å²) in [6, 6.07) is 13.7. The third-order valence-corrected chi connectivity index (χ3v) is 6.06. The fraction of sp³-hybridized carbons (Fsp3) is 0.368. The van der Waals surface area contributed by atoms with E-state index < -0.39 is 10.0 Å². The smallest absolute Gasteiger partial charge is 0.427 e. The van der Waals surface area contributed by atoms with Crippen molar-refractivity contribution in [1.82, 2.24) is 4.31 Å². The SMILES string of the molecule is CCCCN(CCCc1ccccc1)S(=O)(=O)c1ccc(O)c([N+]#N)c1. The van der Waals surface area contributed by atoms with Crippen LogP contribution in [-0.4, -0.2) is 30.9 Å². The van der Waals surface area contributed by atoms with E-state index in [9.17, 15) is 13.5 Å². The molecule has 2 rings (SSSR count). The highest BCUT2D eigenvalue weighted by atomic mass is 32.2. The molecule has 0 saturated carbocycles. The lowest BCUT2D eigenvalue weighted by molar-refractivity contribution is 0.396. The molecule has 0 aliphatic heterocycles. The number of benzene rings is 2. The fourth-order valence-corrected chi connectivity index (χ4v) is 4.22. The van der Waals surface area contributed by atoms with Crippen molar-refractivity contribution < 1.29 is 13.5 Å². The zero-order valence-corrected chi connectivity index (χ0v) is 15.7. The van der Waals surface area contributed by atoms with Gasteiger partial charge in [0.25, 0.3) is 0 Å². The van der Waals surface area contributed by atoms with Crippen LogP contribution in [0, 0.1) is 5.39 Å². The molecule has 2 aromatic rings. The van der Waals surface area contributed by atoms with Crippen molar-refractivity contribution in [3.63, 3.8) is 0 Å². The Morgan fingerprint density at radius 2 is 1.77 bits per heavy atom. The summed E-state index contributed by atoms with van der Waals surface area (Å²) < 4.78 is 27.4. The monoisotopic (exact) mass is 374 g/mol. The second-order valence-electron chi connectivity index (χ2n) is 6.10. The minimum atomic E-state index is -3.73. The highest BCUT2D eigenvalue weighted by Crippen LogP contribution is 2.30. The minimum Gasteiger partial charge on any atom is -0.501 e. The summed E-state index contributed by atoms with van der Waals surface area (Å²) in [4.78, 5) is 2.95. The fourth-order valence-electron chi connectivity index (χ4n) is 2.68. The van der Waals surface area contributed by atoms with E-state index in [4.69, 9.17) is 5.39 Å². The Hall–Kier alpha value is -2.43. The van der Waals surface area contributed by atoms with Crippen molar-refractivity contribution in [2.24, 2.45) is 0 Å². The third-order valence-electron chi connectivity index (χ3n) is 4.17. The molecule has 2 aromatic carbocycles. The summed E-state index contributed by atoms with van der Waals surface area (Å²) in [5, 5.41) is 18.5. The van der Waals surface area contributed by atoms with E-state index in [2.05, 4.69) is 4.98 Å². The number of nitrogens with zero attached hydrogens (tertiary/aromatic N) is 3. The first kappa shape index (κ1) is 19.9. The van der Waals surface area contributed by atoms with Gasteiger partial charge in [0.1, 0.15) is 0 Å². The molecule has 6 nitrogen and oxygen atoms in total. The van der Waals surface area contributed by atoms with Crippen LogP contribution in [0.25, 0.3) is 4.98 Å². The molecule has 0 spiro atoms. The number of phenolic OH excluding ortho intramolecular Hbond substituents is 1. The second kappa shape index (κ2) is 9.32. The number of aromatic hydroxyl groups is 1. The normalized spacial score (nSPS) is 11.4. The summed E-state index contributed by atoms with van der Waals surface area (Å²) in [6.45, 7) is 2.85. The average Bonchev–Trinajstić information content (AvgIpc) is 2.65. The summed E-state index contributed by atoms with van der Waals surface area (Å²) in [5.74, 6) is -0.268. The van der Waals surface area contributed by atoms with Gasteiger partial charge in [0.15, 0.2) is 4.98 Å². The maximum atomic E-state index is 13.0. The Morgan fingerprint density at radius 3 is 2.42 bits per heavy atom. The molecule has 0 radical (unpaired) electrons. The molecule has 138 valence electrons. The van der Waals surface area contributed by atoms with Crippen molar-refractivity contribution in [3.05, 3.63) is 59.1 Å². The molecule has 1 N–H and O–H groups in total. The van der Waals surface area contributed by atoms with Crippen LogP contribution in [0.5, 0.6) is 5.75 Å². The number of unbranched alkanes of at least 4 members (excludes halogenated alkanes) is 1. The number of sulfonamides is 1. The van der Waals surface area contributed by atoms with Crippen molar-refractivity contribution in [2.75, 3.05) is 13.1 Å². The van der Waals surface area contributed by atoms with Gasteiger partial charge in [-0.15, -0.1) is 0 Å². The van der Waals surface area contributed by atoms with Gasteiger partial charge in [0, 0.05) is 13.1 Å². The van der Waals surface area contributed by atoms with Crippen LogP contribution in [-0.2, 0) is 16.4 Å². The summed E-state index contributed by atoms with van der Waals surface area (Å²) in [5.41, 5.74) is 1.01. The van der Waals surface area contributed by atoms with E-state index in [1.165, 1.54) is 28.1 Å². The Kier molecular flexibility index (Phi) is 7.13. The third kappa shape index (κ3) is 5.04. The van der Waals surface area contributed by atoms with Crippen LogP contribution in [0.15, 0.2) is 53.4 Å². The Morgan fingerprint density at radius 1 is 1.08 bits per heavy atom. The van der Waals surface area contributed by atoms with Crippen LogP contribution >= 0.6 is 0 Å². The number of diazo groups is 1. The van der Waals surface area contributed by atoms with Crippen LogP contribution < -0.4 is 0 Å². The predicted molar refractivity (Wildman–Crippen MR) is 101 cm³/mol. The lowest BCUT2D eigenvalue weighted by Gasteiger charge is -2.22. The highest BCUT2D eigenvalue weighted by Gasteiger charge is 2.27. The number of hydrogen-bond donors (Lipinski definition) is 1. The number of phenols is 1. The molecule has 0 aliphatic carbocycles. The van der Waals surface area contributed by atoms with Gasteiger partial charge in [-0.3, -0.25) is 0 Å². The highest BCUT2D eigenvalue weighted by molar-refractivity contribution is 7.89. The van der Waals surface area contributed by atoms with E-state index in [0.717, 1.165) is 19.3 Å². The van der Waals surface area contributed by atoms with E-state index in [-0.39, 0.29) is 16.3 Å². The lowest BCUT2D eigenvalue weighted by Crippen LogP contribution is -2.33. The number of rotatable bonds is 9.